The van der Waals surface area contributed by atoms with E-state index in [1.54, 1.807) is 6.20 Å². The number of carbonyl (C=O) groups excluding carboxylic acids is 6. The molecule has 0 unspecified atom stereocenters. The van der Waals surface area contributed by atoms with E-state index in [0.717, 1.165) is 18.5 Å². The minimum atomic E-state index is -0.763. The maximum absolute atomic E-state index is 12.8. The first-order valence-corrected chi connectivity index (χ1v) is 24.3. The van der Waals surface area contributed by atoms with Crippen LogP contribution in [-0.2, 0) is 54.1 Å². The van der Waals surface area contributed by atoms with Crippen LogP contribution in [0.2, 0.25) is 0 Å². The van der Waals surface area contributed by atoms with Gasteiger partial charge in [-0.3, -0.25) is 24.0 Å². The van der Waals surface area contributed by atoms with Crippen LogP contribution in [0.15, 0.2) is 12.5 Å². The van der Waals surface area contributed by atoms with Gasteiger partial charge in [-0.25, -0.2) is 4.98 Å². The van der Waals surface area contributed by atoms with Crippen molar-refractivity contribution in [3.05, 3.63) is 18.2 Å². The Morgan fingerprint density at radius 2 is 1.14 bits per heavy atom. The van der Waals surface area contributed by atoms with Crippen LogP contribution in [0.25, 0.3) is 0 Å². The third kappa shape index (κ3) is 36.6. The molecule has 0 radical (unpaired) electrons. The van der Waals surface area contributed by atoms with E-state index >= 15 is 0 Å². The monoisotopic (exact) mass is 892 g/mol. The summed E-state index contributed by atoms with van der Waals surface area (Å²) in [6, 6.07) is -0.763. The minimum Gasteiger partial charge on any atom is -0.379 e. The van der Waals surface area contributed by atoms with Gasteiger partial charge in [0.05, 0.1) is 45.4 Å². The number of H-pyrrole nitrogens is 1. The van der Waals surface area contributed by atoms with Gasteiger partial charge in [-0.15, -0.1) is 0 Å². The zero-order valence-corrected chi connectivity index (χ0v) is 39.2. The maximum atomic E-state index is 12.8. The minimum absolute atomic E-state index is 0.0107. The fourth-order valence-corrected chi connectivity index (χ4v) is 7.09. The third-order valence-electron chi connectivity index (χ3n) is 10.9. The molecule has 0 saturated heterocycles. The van der Waals surface area contributed by atoms with Crippen LogP contribution in [0, 0.1) is 5.92 Å². The van der Waals surface area contributed by atoms with Gasteiger partial charge in [-0.2, -0.15) is 0 Å². The number of Topliss-reactive ketones (excluding diaryl/α,β-unsaturated/α-hetero) is 4. The van der Waals surface area contributed by atoms with Gasteiger partial charge in [0.2, 0.25) is 11.8 Å². The second-order valence-electron chi connectivity index (χ2n) is 16.8. The Labute approximate surface area is 378 Å². The predicted molar refractivity (Wildman–Crippen MR) is 245 cm³/mol. The van der Waals surface area contributed by atoms with Crippen molar-refractivity contribution in [1.82, 2.24) is 20.6 Å². The summed E-state index contributed by atoms with van der Waals surface area (Å²) in [5.74, 6) is -1.19. The van der Waals surface area contributed by atoms with Gasteiger partial charge in [-0.1, -0.05) is 103 Å². The van der Waals surface area contributed by atoms with Crippen molar-refractivity contribution in [2.45, 2.75) is 180 Å². The average Bonchev–Trinajstić information content (AvgIpc) is 3.78. The first-order chi connectivity index (χ1) is 30.6. The fourth-order valence-electron chi connectivity index (χ4n) is 7.09. The normalized spacial score (nSPS) is 12.2. The molecule has 0 aliphatic heterocycles. The molecule has 1 aromatic heterocycles. The van der Waals surface area contributed by atoms with E-state index in [1.807, 2.05) is 0 Å². The Morgan fingerprint density at radius 1 is 0.603 bits per heavy atom. The summed E-state index contributed by atoms with van der Waals surface area (Å²) in [7, 11) is 0. The number of hydrogen-bond acceptors (Lipinski definition) is 12. The maximum Gasteiger partial charge on any atom is 0.246 e. The van der Waals surface area contributed by atoms with Crippen LogP contribution in [0.1, 0.15) is 174 Å². The van der Waals surface area contributed by atoms with Crippen molar-refractivity contribution in [3.63, 3.8) is 0 Å². The van der Waals surface area contributed by atoms with Gasteiger partial charge in [0.1, 0.15) is 30.6 Å². The SMILES string of the molecule is CCCCCCCCCCCCCCCCCC(=O)CCCOCCOCC(=O)NCCOCCOCC(=O)NCCCC[C@H](CC(=O)[C@@H](N)Cc1cnc[nH]1)C(=O)CCC(C)=O. The molecule has 1 rings (SSSR count). The van der Waals surface area contributed by atoms with E-state index in [2.05, 4.69) is 27.5 Å². The van der Waals surface area contributed by atoms with Crippen molar-refractivity contribution in [2.24, 2.45) is 11.7 Å². The summed E-state index contributed by atoms with van der Waals surface area (Å²) in [4.78, 5) is 80.2. The molecule has 15 heteroatoms. The number of ketones is 4. The largest absolute Gasteiger partial charge is 0.379 e. The van der Waals surface area contributed by atoms with E-state index in [1.165, 1.54) is 96.7 Å². The second kappa shape index (κ2) is 41.3. The highest BCUT2D eigenvalue weighted by Gasteiger charge is 2.25. The van der Waals surface area contributed by atoms with Gasteiger partial charge in [0, 0.05) is 76.0 Å². The van der Waals surface area contributed by atoms with Crippen LogP contribution in [0.5, 0.6) is 0 Å². The summed E-state index contributed by atoms with van der Waals surface area (Å²) < 4.78 is 21.7. The number of nitrogens with one attached hydrogen (secondary N) is 3. The number of nitrogens with two attached hydrogens (primary N) is 1. The predicted octanol–water partition coefficient (Wildman–Crippen LogP) is 6.87. The standard InChI is InChI=1S/C48H85N5O10/c1-3-4-5-6-7-8-9-10-11-12-13-14-15-16-17-22-43(55)23-20-28-60-30-32-62-38-48(59)52-27-29-61-31-33-63-37-47(58)51-26-19-18-21-41(45(56)25-24-40(2)54)34-46(57)44(49)35-42-36-50-39-53-42/h36,39,41,44H,3-35,37-38,49H2,1-2H3,(H,50,53)(H,51,58)(H,52,59)/t41-,44+/m1/s1. The van der Waals surface area contributed by atoms with E-state index in [4.69, 9.17) is 24.7 Å². The highest BCUT2D eigenvalue weighted by atomic mass is 16.5. The quantitative estimate of drug-likeness (QED) is 0.0493. The molecule has 15 nitrogen and oxygen atoms in total. The molecule has 1 heterocycles. The number of nitrogens with zero attached hydrogens (tertiary/aromatic N) is 1. The van der Waals surface area contributed by atoms with Crippen molar-refractivity contribution in [1.29, 1.82) is 0 Å². The molecule has 0 aromatic carbocycles. The topological polar surface area (TPSA) is 218 Å². The molecular weight excluding hydrogens is 807 g/mol. The molecule has 5 N–H and O–H groups in total. The number of carbonyl (C=O) groups is 6. The second-order valence-corrected chi connectivity index (χ2v) is 16.8. The first-order valence-electron chi connectivity index (χ1n) is 24.3. The lowest BCUT2D eigenvalue weighted by molar-refractivity contribution is -0.129. The smallest absolute Gasteiger partial charge is 0.246 e. The van der Waals surface area contributed by atoms with Gasteiger partial charge in [0.25, 0.3) is 0 Å². The van der Waals surface area contributed by atoms with Gasteiger partial charge >= 0.3 is 0 Å². The van der Waals surface area contributed by atoms with Gasteiger partial charge in [-0.05, 0) is 32.6 Å². The number of unbranched alkanes of at least 4 members (excludes halogenated alkanes) is 15. The van der Waals surface area contributed by atoms with Crippen molar-refractivity contribution in [2.75, 3.05) is 65.9 Å². The zero-order valence-electron chi connectivity index (χ0n) is 39.2. The third-order valence-corrected chi connectivity index (χ3v) is 10.9. The molecule has 2 atom stereocenters. The number of aromatic amines is 1. The molecule has 0 aliphatic rings. The summed E-state index contributed by atoms with van der Waals surface area (Å²) in [5, 5.41) is 5.49. The Morgan fingerprint density at radius 3 is 1.71 bits per heavy atom. The number of amides is 2. The molecule has 0 saturated carbocycles. The van der Waals surface area contributed by atoms with E-state index in [-0.39, 0.29) is 81.5 Å². The molecule has 0 bridgehead atoms. The fraction of sp³-hybridized carbons (Fsp3) is 0.812. The molecule has 0 aliphatic carbocycles. The van der Waals surface area contributed by atoms with Crippen LogP contribution < -0.4 is 16.4 Å². The zero-order chi connectivity index (χ0) is 46.0. The summed E-state index contributed by atoms with van der Waals surface area (Å²) in [6.45, 7) is 6.07. The molecule has 1 aromatic rings. The lowest BCUT2D eigenvalue weighted by Gasteiger charge is -2.17. The molecule has 2 amide bonds. The molecule has 63 heavy (non-hydrogen) atoms. The summed E-state index contributed by atoms with van der Waals surface area (Å²) in [6.07, 6.45) is 27.0. The van der Waals surface area contributed by atoms with Crippen LogP contribution in [-0.4, -0.2) is 117 Å². The van der Waals surface area contributed by atoms with E-state index in [9.17, 15) is 28.8 Å². The first kappa shape index (κ1) is 57.6. The number of ether oxygens (including phenoxy) is 4. The Hall–Kier alpha value is -3.37. The van der Waals surface area contributed by atoms with Crippen LogP contribution in [0.3, 0.4) is 0 Å². The number of hydrogen-bond donors (Lipinski definition) is 4. The number of imidazole rings is 1. The summed E-state index contributed by atoms with van der Waals surface area (Å²) in [5.41, 5.74) is 6.82. The van der Waals surface area contributed by atoms with Crippen LogP contribution in [0.4, 0.5) is 0 Å². The van der Waals surface area contributed by atoms with Gasteiger partial charge in [0.15, 0.2) is 5.78 Å². The summed E-state index contributed by atoms with van der Waals surface area (Å²) >= 11 is 0. The molecule has 0 spiro atoms. The van der Waals surface area contributed by atoms with E-state index < -0.39 is 12.0 Å². The number of aromatic nitrogens is 2. The van der Waals surface area contributed by atoms with E-state index in [0.29, 0.717) is 83.6 Å². The molecule has 0 fully saturated rings. The van der Waals surface area contributed by atoms with Gasteiger partial charge < -0.3 is 45.1 Å². The molecular formula is C48H85N5O10. The Bertz CT molecular complexity index is 1330. The average molecular weight is 892 g/mol. The molecule has 362 valence electrons. The van der Waals surface area contributed by atoms with Crippen molar-refractivity contribution in [3.8, 4) is 0 Å². The Balaban J connectivity index is 1.92. The lowest BCUT2D eigenvalue weighted by atomic mass is 9.87. The highest BCUT2D eigenvalue weighted by Crippen LogP contribution is 2.19. The van der Waals surface area contributed by atoms with Crippen LogP contribution >= 0.6 is 0 Å². The Kier molecular flexibility index (Phi) is 37.8. The number of rotatable bonds is 47. The highest BCUT2D eigenvalue weighted by molar-refractivity contribution is 5.92. The van der Waals surface area contributed by atoms with Crippen molar-refractivity contribution < 1.29 is 47.7 Å². The van der Waals surface area contributed by atoms with Crippen molar-refractivity contribution >= 4 is 34.9 Å². The lowest BCUT2D eigenvalue weighted by Crippen LogP contribution is -2.35.